The van der Waals surface area contributed by atoms with E-state index in [2.05, 4.69) is 201 Å². The Morgan fingerprint density at radius 2 is 0.232 bits per heavy atom. The molecule has 0 aliphatic heterocycles. The number of aliphatic imine (C=N–C) groups is 2. The van der Waals surface area contributed by atoms with Crippen LogP contribution < -0.4 is 0 Å². The van der Waals surface area contributed by atoms with E-state index in [9.17, 15) is 0 Å². The zero-order chi connectivity index (χ0) is 99.3. The van der Waals surface area contributed by atoms with Gasteiger partial charge in [-0.15, -0.1) is 118 Å². The average molecular weight is 1880 g/mol. The molecule has 0 unspecified atom stereocenters. The van der Waals surface area contributed by atoms with Crippen molar-refractivity contribution in [2.45, 2.75) is 661 Å². The van der Waals surface area contributed by atoms with Gasteiger partial charge in [-0.3, -0.25) is 9.98 Å². The van der Waals surface area contributed by atoms with Gasteiger partial charge in [0.25, 0.3) is 0 Å². The molecular formula is C136H216N2. The molecule has 0 spiro atoms. The van der Waals surface area contributed by atoms with Gasteiger partial charge in [-0.1, -0.05) is 378 Å². The third kappa shape index (κ3) is 69.3. The largest absolute Gasteiger partial charge is 0.251 e. The number of hydrogen-bond acceptors (Lipinski definition) is 2. The molecule has 0 amide bonds. The van der Waals surface area contributed by atoms with Gasteiger partial charge in [0.15, 0.2) is 0 Å². The van der Waals surface area contributed by atoms with Gasteiger partial charge in [-0.05, 0) is 210 Å². The van der Waals surface area contributed by atoms with Crippen LogP contribution in [0.25, 0.3) is 0 Å². The Labute approximate surface area is 862 Å². The van der Waals surface area contributed by atoms with E-state index in [1.165, 1.54) is 399 Å². The van der Waals surface area contributed by atoms with E-state index in [0.717, 1.165) is 257 Å². The van der Waals surface area contributed by atoms with Gasteiger partial charge >= 0.3 is 0 Å². The van der Waals surface area contributed by atoms with Crippen LogP contribution >= 0.6 is 0 Å². The van der Waals surface area contributed by atoms with Crippen LogP contribution in [0.1, 0.15) is 652 Å². The highest BCUT2D eigenvalue weighted by Crippen LogP contribution is 2.43. The van der Waals surface area contributed by atoms with Crippen LogP contribution in [-0.4, -0.2) is 11.4 Å². The molecule has 0 aliphatic rings. The fourth-order valence-corrected chi connectivity index (χ4v) is 19.2. The molecule has 2 rings (SSSR count). The molecule has 2 nitrogen and oxygen atoms in total. The van der Waals surface area contributed by atoms with Crippen molar-refractivity contribution in [2.75, 3.05) is 0 Å². The Bertz CT molecular complexity index is 3870. The second kappa shape index (κ2) is 100. The maximum Gasteiger partial charge on any atom is 0.0704 e. The third-order valence-corrected chi connectivity index (χ3v) is 27.7. The maximum absolute atomic E-state index is 6.84. The Hall–Kier alpha value is -6.62. The van der Waals surface area contributed by atoms with Crippen molar-refractivity contribution in [3.63, 3.8) is 0 Å². The summed E-state index contributed by atoms with van der Waals surface area (Å²) in [5, 5.41) is 0. The van der Waals surface area contributed by atoms with Gasteiger partial charge in [-0.25, -0.2) is 0 Å². The molecule has 0 aliphatic carbocycles. The van der Waals surface area contributed by atoms with Gasteiger partial charge < -0.3 is 0 Å². The van der Waals surface area contributed by atoms with Gasteiger partial charge in [-0.2, -0.15) is 0 Å². The highest BCUT2D eigenvalue weighted by molar-refractivity contribution is 6.43. The van der Waals surface area contributed by atoms with E-state index < -0.39 is 0 Å². The minimum absolute atomic E-state index is 0.791. The predicted molar refractivity (Wildman–Crippen MR) is 619 cm³/mol. The number of unbranched alkanes of at least 4 members (excludes halogenated alkanes) is 56. The molecule has 0 aromatic heterocycles. The molecule has 0 fully saturated rings. The van der Waals surface area contributed by atoms with Crippen LogP contribution in [0.5, 0.6) is 0 Å². The fourth-order valence-electron chi connectivity index (χ4n) is 19.2. The van der Waals surface area contributed by atoms with Crippen LogP contribution in [0.15, 0.2) is 9.98 Å². The van der Waals surface area contributed by atoms with E-state index in [1.54, 1.807) is 0 Å². The Morgan fingerprint density at radius 1 is 0.123 bits per heavy atom. The minimum atomic E-state index is 0.791. The summed E-state index contributed by atoms with van der Waals surface area (Å²) in [6, 6.07) is 0. The SMILES string of the molecule is CCCCCCC#CCCc1c(CCC#CCCCCCC)c(CCC#CCCCCCC)c(N=C(CCCCC)C(CCCCCCCCCCCCCCCCC)=Nc2c(CCC#CCCCCCC)c(CCC#CCCCCCC)c(CCC#CCCCCCC)c(CCC#CCCCCCC)c2CCC#CCCCCCC)c(CCC#CCCCCCC)c1CCC#CCCCCCC. The summed E-state index contributed by atoms with van der Waals surface area (Å²) in [4.78, 5) is 13.7. The van der Waals surface area contributed by atoms with E-state index >= 15 is 0 Å². The molecule has 2 heteroatoms. The number of benzene rings is 2. The lowest BCUT2D eigenvalue weighted by Gasteiger charge is -2.27. The molecule has 0 saturated carbocycles. The van der Waals surface area contributed by atoms with Gasteiger partial charge in [0.2, 0.25) is 0 Å². The van der Waals surface area contributed by atoms with Crippen LogP contribution in [0, 0.1) is 118 Å². The Morgan fingerprint density at radius 3 is 0.391 bits per heavy atom. The third-order valence-electron chi connectivity index (χ3n) is 27.7. The lowest BCUT2D eigenvalue weighted by Crippen LogP contribution is -2.18. The summed E-state index contributed by atoms with van der Waals surface area (Å²) in [5.74, 6) is 76.7. The van der Waals surface area contributed by atoms with Gasteiger partial charge in [0.05, 0.1) is 22.8 Å². The zero-order valence-electron chi connectivity index (χ0n) is 93.5. The quantitative estimate of drug-likeness (QED) is 0.0358. The molecule has 138 heavy (non-hydrogen) atoms. The topological polar surface area (TPSA) is 24.7 Å². The molecule has 2 aromatic rings. The minimum Gasteiger partial charge on any atom is -0.251 e. The molecule has 2 aromatic carbocycles. The lowest BCUT2D eigenvalue weighted by molar-refractivity contribution is 0.533. The average Bonchev–Trinajstić information content (AvgIpc) is 0.792. The highest BCUT2D eigenvalue weighted by Gasteiger charge is 2.28. The van der Waals surface area contributed by atoms with Crippen molar-refractivity contribution in [1.82, 2.24) is 0 Å². The second-order valence-corrected chi connectivity index (χ2v) is 40.4. The smallest absolute Gasteiger partial charge is 0.0704 e. The van der Waals surface area contributed by atoms with Crippen LogP contribution in [0.2, 0.25) is 0 Å². The van der Waals surface area contributed by atoms with Crippen molar-refractivity contribution in [1.29, 1.82) is 0 Å². The summed E-state index contributed by atoms with van der Waals surface area (Å²) in [5.41, 5.74) is 19.4. The van der Waals surface area contributed by atoms with Gasteiger partial charge in [0.1, 0.15) is 0 Å². The first-order chi connectivity index (χ1) is 68.4. The van der Waals surface area contributed by atoms with Crippen molar-refractivity contribution < 1.29 is 0 Å². The molecule has 0 N–H and O–H groups in total. The second-order valence-electron chi connectivity index (χ2n) is 40.4. The molecular weight excluding hydrogens is 1660 g/mol. The van der Waals surface area contributed by atoms with E-state index in [0.29, 0.717) is 0 Å². The summed E-state index contributed by atoms with van der Waals surface area (Å²) in [6.45, 7) is 28.0. The number of rotatable bonds is 83. The first-order valence-electron chi connectivity index (χ1n) is 60.4. The summed E-state index contributed by atoms with van der Waals surface area (Å²) in [6.07, 6.45) is 101. The molecule has 0 heterocycles. The Kier molecular flexibility index (Phi) is 92.8. The first-order valence-corrected chi connectivity index (χ1v) is 60.4. The van der Waals surface area contributed by atoms with E-state index in [-0.39, 0.29) is 0 Å². The predicted octanol–water partition coefficient (Wildman–Crippen LogP) is 41.4. The van der Waals surface area contributed by atoms with E-state index in [1.807, 2.05) is 0 Å². The van der Waals surface area contributed by atoms with Crippen molar-refractivity contribution in [2.24, 2.45) is 9.98 Å². The van der Waals surface area contributed by atoms with Crippen molar-refractivity contribution >= 4 is 22.8 Å². The summed E-state index contributed by atoms with van der Waals surface area (Å²) >= 11 is 0. The summed E-state index contributed by atoms with van der Waals surface area (Å²) in [7, 11) is 0. The molecule has 0 atom stereocenters. The maximum atomic E-state index is 6.84. The Balaban J connectivity index is 4.09. The standard InChI is InChI=1S/C136H216N2/c1-13-25-37-48-59-70-71-72-73-74-75-76-87-98-110-122-134(138-136-131(119-108-96-85-68-57-46-34-22-10)127(115-104-92-81-64-53-42-30-18-6)124(112-101-89-78-61-50-39-27-15-3)128(116-105-93-82-65-54-43-31-19-7)132(136)120-109-97-86-69-58-47-35-23-11)133(121-99-36-24-12)137-135-129(117-106-94-83-66-55-44-32-20-8)125(113-102-90-79-62-51-40-28-16-4)123(111-100-88-77-60-49-38-26-14-2)126(114-103-91-80-63-52-41-29-17-5)130(135)118-107-95-84-67-56-45-33-21-9/h13-76,87,98-122H2,1-12H3. The normalized spacial score (nSPS) is 11.0. The van der Waals surface area contributed by atoms with Gasteiger partial charge in [0, 0.05) is 128 Å². The zero-order valence-corrected chi connectivity index (χ0v) is 93.5. The molecule has 0 bridgehead atoms. The van der Waals surface area contributed by atoms with Crippen molar-refractivity contribution in [3.05, 3.63) is 55.6 Å². The van der Waals surface area contributed by atoms with E-state index in [4.69, 9.17) is 9.98 Å². The lowest BCUT2D eigenvalue weighted by atomic mass is 9.81. The number of nitrogens with zero attached hydrogens (tertiary/aromatic N) is 2. The molecule has 0 radical (unpaired) electrons. The highest BCUT2D eigenvalue weighted by atomic mass is 14.8. The fraction of sp³-hybridized carbons (Fsp3) is 0.750. The summed E-state index contributed by atoms with van der Waals surface area (Å²) < 4.78 is 0. The van der Waals surface area contributed by atoms with Crippen LogP contribution in [0.3, 0.4) is 0 Å². The molecule has 770 valence electrons. The first kappa shape index (κ1) is 127. The van der Waals surface area contributed by atoms with Crippen LogP contribution in [0.4, 0.5) is 11.4 Å². The van der Waals surface area contributed by atoms with Crippen LogP contribution in [-0.2, 0) is 64.2 Å². The monoisotopic (exact) mass is 1880 g/mol. The number of hydrogen-bond donors (Lipinski definition) is 0. The molecule has 0 saturated heterocycles. The van der Waals surface area contributed by atoms with Crippen molar-refractivity contribution in [3.8, 4) is 118 Å².